The summed E-state index contributed by atoms with van der Waals surface area (Å²) < 4.78 is 35.4. The fourth-order valence-electron chi connectivity index (χ4n) is 1.46. The maximum atomic E-state index is 12.9. The molecule has 0 radical (unpaired) electrons. The van der Waals surface area contributed by atoms with Gasteiger partial charge in [0.1, 0.15) is 17.5 Å². The molecular formula is C12H10F2N2O3. The topological polar surface area (TPSA) is 65.2 Å². The largest absolute Gasteiger partial charge is 0.472 e. The molecule has 0 N–H and O–H groups in total. The van der Waals surface area contributed by atoms with Gasteiger partial charge in [0.05, 0.1) is 18.4 Å². The van der Waals surface area contributed by atoms with Gasteiger partial charge in [-0.15, -0.1) is 0 Å². The van der Waals surface area contributed by atoms with E-state index < -0.39 is 18.1 Å². The molecule has 100 valence electrons. The molecule has 0 atom stereocenters. The highest BCUT2D eigenvalue weighted by Crippen LogP contribution is 2.24. The minimum atomic E-state index is -2.90. The molecule has 0 aliphatic rings. The molecule has 0 aliphatic carbocycles. The highest BCUT2D eigenvalue weighted by Gasteiger charge is 2.23. The lowest BCUT2D eigenvalue weighted by molar-refractivity contribution is 0.0513. The Labute approximate surface area is 107 Å². The van der Waals surface area contributed by atoms with Crippen molar-refractivity contribution in [1.29, 1.82) is 0 Å². The standard InChI is InChI=1S/C12H10F2N2O3/c1-2-19-12(17)8-5-15-11(7-3-4-18-6-7)16-9(8)10(13)14/h3-6,10H,2H2,1H3. The van der Waals surface area contributed by atoms with E-state index >= 15 is 0 Å². The maximum Gasteiger partial charge on any atom is 0.341 e. The van der Waals surface area contributed by atoms with Crippen LogP contribution in [0.5, 0.6) is 0 Å². The molecule has 7 heteroatoms. The van der Waals surface area contributed by atoms with Crippen LogP contribution in [0, 0.1) is 0 Å². The number of furan rings is 1. The summed E-state index contributed by atoms with van der Waals surface area (Å²) in [5, 5.41) is 0. The Kier molecular flexibility index (Phi) is 3.84. The van der Waals surface area contributed by atoms with E-state index in [9.17, 15) is 13.6 Å². The Morgan fingerprint density at radius 2 is 2.32 bits per heavy atom. The zero-order chi connectivity index (χ0) is 13.8. The lowest BCUT2D eigenvalue weighted by Gasteiger charge is -2.08. The third kappa shape index (κ3) is 2.75. The minimum absolute atomic E-state index is 0.0668. The molecule has 0 fully saturated rings. The number of carbonyl (C=O) groups is 1. The van der Waals surface area contributed by atoms with Gasteiger partial charge in [-0.3, -0.25) is 0 Å². The van der Waals surface area contributed by atoms with Crippen molar-refractivity contribution in [2.75, 3.05) is 6.61 Å². The molecule has 0 saturated heterocycles. The maximum absolute atomic E-state index is 12.9. The SMILES string of the molecule is CCOC(=O)c1cnc(-c2ccoc2)nc1C(F)F. The van der Waals surface area contributed by atoms with Crippen LogP contribution in [-0.4, -0.2) is 22.5 Å². The summed E-state index contributed by atoms with van der Waals surface area (Å²) in [7, 11) is 0. The summed E-state index contributed by atoms with van der Waals surface area (Å²) in [4.78, 5) is 19.1. The van der Waals surface area contributed by atoms with Gasteiger partial charge in [-0.05, 0) is 13.0 Å². The van der Waals surface area contributed by atoms with Gasteiger partial charge < -0.3 is 9.15 Å². The predicted molar refractivity (Wildman–Crippen MR) is 60.6 cm³/mol. The summed E-state index contributed by atoms with van der Waals surface area (Å²) in [6.45, 7) is 1.67. The second kappa shape index (κ2) is 5.55. The van der Waals surface area contributed by atoms with Crippen molar-refractivity contribution in [3.05, 3.63) is 36.0 Å². The van der Waals surface area contributed by atoms with Gasteiger partial charge in [-0.2, -0.15) is 0 Å². The third-order valence-electron chi connectivity index (χ3n) is 2.30. The summed E-state index contributed by atoms with van der Waals surface area (Å²) in [6, 6.07) is 1.54. The zero-order valence-corrected chi connectivity index (χ0v) is 9.97. The first-order valence-corrected chi connectivity index (χ1v) is 5.48. The van der Waals surface area contributed by atoms with E-state index in [0.29, 0.717) is 5.56 Å². The van der Waals surface area contributed by atoms with Crippen LogP contribution in [0.1, 0.15) is 29.4 Å². The van der Waals surface area contributed by atoms with Crippen LogP contribution in [0.4, 0.5) is 8.78 Å². The van der Waals surface area contributed by atoms with E-state index in [-0.39, 0.29) is 18.0 Å². The lowest BCUT2D eigenvalue weighted by Crippen LogP contribution is -2.11. The van der Waals surface area contributed by atoms with Crippen LogP contribution in [0.2, 0.25) is 0 Å². The van der Waals surface area contributed by atoms with E-state index in [1.807, 2.05) is 0 Å². The normalized spacial score (nSPS) is 10.7. The Bertz CT molecular complexity index is 570. The number of ether oxygens (including phenoxy) is 1. The van der Waals surface area contributed by atoms with E-state index in [1.54, 1.807) is 6.92 Å². The molecule has 2 heterocycles. The second-order valence-corrected chi connectivity index (χ2v) is 3.53. The van der Waals surface area contributed by atoms with Crippen molar-refractivity contribution in [2.24, 2.45) is 0 Å². The highest BCUT2D eigenvalue weighted by atomic mass is 19.3. The average molecular weight is 268 g/mol. The van der Waals surface area contributed by atoms with Gasteiger partial charge in [-0.1, -0.05) is 0 Å². The molecule has 0 unspecified atom stereocenters. The van der Waals surface area contributed by atoms with E-state index in [4.69, 9.17) is 4.42 Å². The number of hydrogen-bond donors (Lipinski definition) is 0. The molecule has 19 heavy (non-hydrogen) atoms. The van der Waals surface area contributed by atoms with Crippen molar-refractivity contribution >= 4 is 5.97 Å². The molecule has 0 spiro atoms. The Morgan fingerprint density at radius 1 is 1.53 bits per heavy atom. The van der Waals surface area contributed by atoms with Crippen LogP contribution in [-0.2, 0) is 4.74 Å². The number of nitrogens with zero attached hydrogens (tertiary/aromatic N) is 2. The monoisotopic (exact) mass is 268 g/mol. The van der Waals surface area contributed by atoms with Gasteiger partial charge in [0.2, 0.25) is 0 Å². The van der Waals surface area contributed by atoms with Crippen LogP contribution in [0.15, 0.2) is 29.2 Å². The molecule has 0 amide bonds. The van der Waals surface area contributed by atoms with Gasteiger partial charge >= 0.3 is 5.97 Å². The first kappa shape index (κ1) is 13.1. The average Bonchev–Trinajstić information content (AvgIpc) is 2.92. The summed E-state index contributed by atoms with van der Waals surface area (Å²) >= 11 is 0. The van der Waals surface area contributed by atoms with Gasteiger partial charge in [0.25, 0.3) is 6.43 Å². The van der Waals surface area contributed by atoms with Crippen molar-refractivity contribution in [3.8, 4) is 11.4 Å². The van der Waals surface area contributed by atoms with Crippen molar-refractivity contribution in [3.63, 3.8) is 0 Å². The summed E-state index contributed by atoms with van der Waals surface area (Å²) in [5.41, 5.74) is -0.522. The van der Waals surface area contributed by atoms with Crippen LogP contribution < -0.4 is 0 Å². The van der Waals surface area contributed by atoms with E-state index in [2.05, 4.69) is 14.7 Å². The molecule has 2 aromatic rings. The number of rotatable bonds is 4. The lowest BCUT2D eigenvalue weighted by atomic mass is 10.2. The van der Waals surface area contributed by atoms with E-state index in [0.717, 1.165) is 6.20 Å². The number of esters is 1. The minimum Gasteiger partial charge on any atom is -0.472 e. The Morgan fingerprint density at radius 3 is 2.89 bits per heavy atom. The molecule has 0 bridgehead atoms. The molecule has 0 aliphatic heterocycles. The number of halogens is 2. The fourth-order valence-corrected chi connectivity index (χ4v) is 1.46. The first-order chi connectivity index (χ1) is 9.13. The summed E-state index contributed by atoms with van der Waals surface area (Å²) in [5.74, 6) is -0.798. The molecular weight excluding hydrogens is 258 g/mol. The zero-order valence-electron chi connectivity index (χ0n) is 9.97. The number of alkyl halides is 2. The van der Waals surface area contributed by atoms with Crippen LogP contribution in [0.25, 0.3) is 11.4 Å². The first-order valence-electron chi connectivity index (χ1n) is 5.48. The Hall–Kier alpha value is -2.31. The quantitative estimate of drug-likeness (QED) is 0.798. The van der Waals surface area contributed by atoms with E-state index in [1.165, 1.54) is 18.6 Å². The predicted octanol–water partition coefficient (Wildman–Crippen LogP) is 2.85. The van der Waals surface area contributed by atoms with Crippen molar-refractivity contribution in [1.82, 2.24) is 9.97 Å². The van der Waals surface area contributed by atoms with Crippen molar-refractivity contribution < 1.29 is 22.7 Å². The number of hydrogen-bond acceptors (Lipinski definition) is 5. The number of carbonyl (C=O) groups excluding carboxylic acids is 1. The number of aromatic nitrogens is 2. The molecule has 0 aromatic carbocycles. The molecule has 2 aromatic heterocycles. The van der Waals surface area contributed by atoms with Gasteiger partial charge in [0, 0.05) is 6.20 Å². The van der Waals surface area contributed by atoms with Gasteiger partial charge in [-0.25, -0.2) is 23.5 Å². The molecule has 2 rings (SSSR count). The van der Waals surface area contributed by atoms with Crippen LogP contribution >= 0.6 is 0 Å². The smallest absolute Gasteiger partial charge is 0.341 e. The molecule has 5 nitrogen and oxygen atoms in total. The highest BCUT2D eigenvalue weighted by molar-refractivity contribution is 5.90. The van der Waals surface area contributed by atoms with Crippen LogP contribution in [0.3, 0.4) is 0 Å². The summed E-state index contributed by atoms with van der Waals surface area (Å²) in [6.07, 6.45) is 0.844. The molecule has 0 saturated carbocycles. The van der Waals surface area contributed by atoms with Gasteiger partial charge in [0.15, 0.2) is 5.82 Å². The fraction of sp³-hybridized carbons (Fsp3) is 0.250. The van der Waals surface area contributed by atoms with Crippen molar-refractivity contribution in [2.45, 2.75) is 13.3 Å². The Balaban J connectivity index is 2.44. The third-order valence-corrected chi connectivity index (χ3v) is 2.30. The second-order valence-electron chi connectivity index (χ2n) is 3.53.